The van der Waals surface area contributed by atoms with E-state index in [0.717, 1.165) is 25.7 Å². The van der Waals surface area contributed by atoms with Crippen molar-refractivity contribution >= 4 is 17.5 Å². The molecule has 0 saturated heterocycles. The van der Waals surface area contributed by atoms with Crippen LogP contribution in [0, 0.1) is 5.41 Å². The average molecular weight is 294 g/mol. The van der Waals surface area contributed by atoms with Gasteiger partial charge in [-0.15, -0.1) is 15.3 Å². The van der Waals surface area contributed by atoms with E-state index in [4.69, 9.17) is 9.52 Å². The van der Waals surface area contributed by atoms with Gasteiger partial charge < -0.3 is 9.52 Å². The van der Waals surface area contributed by atoms with Gasteiger partial charge in [-0.1, -0.05) is 17.3 Å². The Labute approximate surface area is 119 Å². The molecule has 106 valence electrons. The van der Waals surface area contributed by atoms with Gasteiger partial charge in [-0.05, 0) is 29.8 Å². The lowest BCUT2D eigenvalue weighted by Crippen LogP contribution is -2.23. The average Bonchev–Trinajstić information content (AvgIpc) is 3.08. The zero-order valence-electron chi connectivity index (χ0n) is 10.8. The Hall–Kier alpha value is -1.83. The Bertz CT molecular complexity index is 590. The fourth-order valence-corrected chi connectivity index (χ4v) is 3.30. The van der Waals surface area contributed by atoms with E-state index in [1.165, 1.54) is 11.5 Å². The lowest BCUT2D eigenvalue weighted by atomic mass is 9.79. The summed E-state index contributed by atoms with van der Waals surface area (Å²) in [6.45, 7) is 0. The summed E-state index contributed by atoms with van der Waals surface area (Å²) < 4.78 is 9.34. The Morgan fingerprint density at radius 2 is 2.15 bits per heavy atom. The van der Waals surface area contributed by atoms with Crippen LogP contribution in [0.5, 0.6) is 0 Å². The zero-order valence-corrected chi connectivity index (χ0v) is 11.6. The minimum Gasteiger partial charge on any atom is -0.481 e. The largest absolute Gasteiger partial charge is 0.481 e. The molecular weight excluding hydrogens is 280 g/mol. The molecule has 0 bridgehead atoms. The molecular formula is C12H14N4O3S. The van der Waals surface area contributed by atoms with Crippen LogP contribution in [0.1, 0.15) is 38.0 Å². The van der Waals surface area contributed by atoms with Crippen molar-refractivity contribution < 1.29 is 14.3 Å². The molecule has 3 rings (SSSR count). The van der Waals surface area contributed by atoms with E-state index < -0.39 is 5.97 Å². The second kappa shape index (κ2) is 5.28. The summed E-state index contributed by atoms with van der Waals surface area (Å²) in [4.78, 5) is 11.1. The molecule has 0 aliphatic heterocycles. The number of aromatic nitrogens is 4. The minimum absolute atomic E-state index is 0.156. The minimum atomic E-state index is -0.768. The maximum Gasteiger partial charge on any atom is 0.303 e. The van der Waals surface area contributed by atoms with E-state index >= 15 is 0 Å². The van der Waals surface area contributed by atoms with Gasteiger partial charge in [-0.25, -0.2) is 0 Å². The first-order valence-electron chi connectivity index (χ1n) is 6.49. The highest BCUT2D eigenvalue weighted by Gasteiger charge is 2.37. The Morgan fingerprint density at radius 3 is 2.80 bits per heavy atom. The molecule has 8 heteroatoms. The lowest BCUT2D eigenvalue weighted by molar-refractivity contribution is -0.139. The Balaban J connectivity index is 1.77. The molecule has 2 aromatic rings. The second-order valence-corrected chi connectivity index (χ2v) is 5.86. The van der Waals surface area contributed by atoms with E-state index in [0.29, 0.717) is 23.9 Å². The van der Waals surface area contributed by atoms with Crippen molar-refractivity contribution in [2.24, 2.45) is 5.41 Å². The van der Waals surface area contributed by atoms with Crippen molar-refractivity contribution in [1.29, 1.82) is 0 Å². The summed E-state index contributed by atoms with van der Waals surface area (Å²) in [5, 5.41) is 22.7. The van der Waals surface area contributed by atoms with Crippen LogP contribution in [0.15, 0.2) is 9.80 Å². The molecule has 0 unspecified atom stereocenters. The molecule has 0 radical (unpaired) electrons. The molecule has 0 spiro atoms. The van der Waals surface area contributed by atoms with Crippen LogP contribution in [-0.4, -0.2) is 30.9 Å². The van der Waals surface area contributed by atoms with Gasteiger partial charge in [-0.3, -0.25) is 4.79 Å². The van der Waals surface area contributed by atoms with E-state index in [9.17, 15) is 4.79 Å². The number of rotatable bonds is 5. The maximum atomic E-state index is 11.1. The monoisotopic (exact) mass is 294 g/mol. The molecule has 20 heavy (non-hydrogen) atoms. The third kappa shape index (κ3) is 2.69. The van der Waals surface area contributed by atoms with Crippen molar-refractivity contribution in [1.82, 2.24) is 19.8 Å². The molecule has 0 aromatic carbocycles. The zero-order chi connectivity index (χ0) is 14.0. The number of aliphatic carboxylic acids is 1. The van der Waals surface area contributed by atoms with Gasteiger partial charge in [0.1, 0.15) is 0 Å². The number of hydrogen-bond donors (Lipinski definition) is 1. The van der Waals surface area contributed by atoms with Crippen molar-refractivity contribution in [2.45, 2.75) is 38.5 Å². The quantitative estimate of drug-likeness (QED) is 0.901. The summed E-state index contributed by atoms with van der Waals surface area (Å²) >= 11 is 1.22. The van der Waals surface area contributed by atoms with Gasteiger partial charge in [0, 0.05) is 11.8 Å². The van der Waals surface area contributed by atoms with Gasteiger partial charge in [-0.2, -0.15) is 0 Å². The SMILES string of the molecule is O=C(O)CC1(Cc2nnc(-c3csnn3)o2)CCCC1. The highest BCUT2D eigenvalue weighted by Crippen LogP contribution is 2.43. The number of nitrogens with zero attached hydrogens (tertiary/aromatic N) is 4. The third-order valence-corrected chi connectivity index (χ3v) is 4.27. The lowest BCUT2D eigenvalue weighted by Gasteiger charge is -2.24. The highest BCUT2D eigenvalue weighted by molar-refractivity contribution is 7.03. The number of carbonyl (C=O) groups is 1. The Morgan fingerprint density at radius 1 is 1.35 bits per heavy atom. The van der Waals surface area contributed by atoms with Crippen molar-refractivity contribution in [3.63, 3.8) is 0 Å². The topological polar surface area (TPSA) is 102 Å². The summed E-state index contributed by atoms with van der Waals surface area (Å²) in [5.74, 6) is 0.0590. The van der Waals surface area contributed by atoms with E-state index in [1.807, 2.05) is 0 Å². The van der Waals surface area contributed by atoms with Gasteiger partial charge in [0.2, 0.25) is 5.89 Å². The molecule has 1 aliphatic rings. The van der Waals surface area contributed by atoms with Gasteiger partial charge in [0.25, 0.3) is 5.89 Å². The van der Waals surface area contributed by atoms with Crippen molar-refractivity contribution in [3.8, 4) is 11.6 Å². The van der Waals surface area contributed by atoms with Crippen LogP contribution in [0.2, 0.25) is 0 Å². The summed E-state index contributed by atoms with van der Waals surface area (Å²) in [5.41, 5.74) is 0.322. The summed E-state index contributed by atoms with van der Waals surface area (Å²) in [6, 6.07) is 0. The maximum absolute atomic E-state index is 11.1. The highest BCUT2D eigenvalue weighted by atomic mass is 32.1. The predicted molar refractivity (Wildman–Crippen MR) is 70.1 cm³/mol. The van der Waals surface area contributed by atoms with E-state index in [2.05, 4.69) is 19.8 Å². The van der Waals surface area contributed by atoms with Gasteiger partial charge in [0.05, 0.1) is 6.42 Å². The molecule has 1 saturated carbocycles. The second-order valence-electron chi connectivity index (χ2n) is 5.25. The summed E-state index contributed by atoms with van der Waals surface area (Å²) in [6.07, 6.45) is 4.59. The molecule has 1 fully saturated rings. The predicted octanol–water partition coefficient (Wildman–Crippen LogP) is 2.17. The van der Waals surface area contributed by atoms with Gasteiger partial charge in [0.15, 0.2) is 5.69 Å². The molecule has 2 aromatic heterocycles. The first-order chi connectivity index (χ1) is 9.67. The first kappa shape index (κ1) is 13.2. The van der Waals surface area contributed by atoms with Crippen LogP contribution in [0.4, 0.5) is 0 Å². The van der Waals surface area contributed by atoms with E-state index in [-0.39, 0.29) is 11.8 Å². The number of carboxylic acids is 1. The number of hydrogen-bond acceptors (Lipinski definition) is 7. The summed E-state index contributed by atoms with van der Waals surface area (Å²) in [7, 11) is 0. The molecule has 7 nitrogen and oxygen atoms in total. The standard InChI is InChI=1S/C12H14N4O3S/c17-10(18)6-12(3-1-2-4-12)5-9-14-15-11(19-9)8-7-20-16-13-8/h7H,1-6H2,(H,17,18). The fraction of sp³-hybridized carbons (Fsp3) is 0.583. The fourth-order valence-electron chi connectivity index (χ4n) is 2.87. The van der Waals surface area contributed by atoms with Gasteiger partial charge >= 0.3 is 5.97 Å². The molecule has 0 atom stereocenters. The third-order valence-electron chi connectivity index (χ3n) is 3.76. The molecule has 2 heterocycles. The molecule has 1 aliphatic carbocycles. The van der Waals surface area contributed by atoms with Crippen LogP contribution in [-0.2, 0) is 11.2 Å². The van der Waals surface area contributed by atoms with E-state index in [1.54, 1.807) is 5.38 Å². The smallest absolute Gasteiger partial charge is 0.303 e. The van der Waals surface area contributed by atoms with Crippen molar-refractivity contribution in [3.05, 3.63) is 11.3 Å². The number of carboxylic acid groups (broad SMARTS) is 1. The molecule has 0 amide bonds. The Kier molecular flexibility index (Phi) is 3.47. The van der Waals surface area contributed by atoms with Crippen LogP contribution in [0.3, 0.4) is 0 Å². The van der Waals surface area contributed by atoms with Crippen molar-refractivity contribution in [2.75, 3.05) is 0 Å². The van der Waals surface area contributed by atoms with Crippen LogP contribution in [0.25, 0.3) is 11.6 Å². The molecule has 1 N–H and O–H groups in total. The van der Waals surface area contributed by atoms with Crippen LogP contribution >= 0.6 is 11.5 Å². The first-order valence-corrected chi connectivity index (χ1v) is 7.32. The normalized spacial score (nSPS) is 17.4. The van der Waals surface area contributed by atoms with Crippen LogP contribution < -0.4 is 0 Å².